The molecule has 0 spiro atoms. The fourth-order valence-corrected chi connectivity index (χ4v) is 3.31. The third-order valence-electron chi connectivity index (χ3n) is 4.03. The van der Waals surface area contributed by atoms with Gasteiger partial charge in [0, 0.05) is 17.0 Å². The van der Waals surface area contributed by atoms with E-state index in [-0.39, 0.29) is 5.91 Å². The van der Waals surface area contributed by atoms with Crippen LogP contribution in [-0.2, 0) is 19.4 Å². The number of nitrogens with zero attached hydrogens (tertiary/aromatic N) is 1. The summed E-state index contributed by atoms with van der Waals surface area (Å²) in [6.45, 7) is 3.28. The first-order valence-corrected chi connectivity index (χ1v) is 9.07. The highest BCUT2D eigenvalue weighted by atomic mass is 32.1. The van der Waals surface area contributed by atoms with Crippen LogP contribution in [0, 0.1) is 0 Å². The van der Waals surface area contributed by atoms with Crippen molar-refractivity contribution in [2.45, 2.75) is 26.3 Å². The van der Waals surface area contributed by atoms with E-state index in [0.717, 1.165) is 24.2 Å². The van der Waals surface area contributed by atoms with Crippen molar-refractivity contribution < 1.29 is 9.21 Å². The van der Waals surface area contributed by atoms with Gasteiger partial charge in [0.2, 0.25) is 0 Å². The second-order valence-electron chi connectivity index (χ2n) is 5.69. The molecular formula is C20H21NO2S. The number of carbonyl (C=O) groups excluding carboxylic acids is 1. The standard InChI is InChI=1S/C20H21NO2S/c1-2-16-7-9-17(10-8-16)20(22)21(15-18-5-3-13-23-18)12-11-19-6-4-14-24-19/h3-10,13-14H,2,11-12,15H2,1H3. The highest BCUT2D eigenvalue weighted by molar-refractivity contribution is 7.09. The lowest BCUT2D eigenvalue weighted by atomic mass is 10.1. The van der Waals surface area contributed by atoms with Gasteiger partial charge in [-0.2, -0.15) is 0 Å². The van der Waals surface area contributed by atoms with E-state index in [0.29, 0.717) is 13.1 Å². The molecule has 3 rings (SSSR count). The molecule has 0 aliphatic carbocycles. The van der Waals surface area contributed by atoms with Crippen LogP contribution < -0.4 is 0 Å². The van der Waals surface area contributed by atoms with Crippen molar-refractivity contribution in [1.29, 1.82) is 0 Å². The lowest BCUT2D eigenvalue weighted by molar-refractivity contribution is 0.0734. The molecule has 0 aliphatic heterocycles. The Bertz CT molecular complexity index is 746. The first kappa shape index (κ1) is 16.5. The van der Waals surface area contributed by atoms with Gasteiger partial charge >= 0.3 is 0 Å². The summed E-state index contributed by atoms with van der Waals surface area (Å²) < 4.78 is 5.43. The van der Waals surface area contributed by atoms with Crippen LogP contribution in [0.15, 0.2) is 64.6 Å². The molecule has 0 unspecified atom stereocenters. The largest absolute Gasteiger partial charge is 0.467 e. The SMILES string of the molecule is CCc1ccc(C(=O)N(CCc2cccs2)Cc2ccco2)cc1. The van der Waals surface area contributed by atoms with Crippen LogP contribution in [-0.4, -0.2) is 17.4 Å². The fraction of sp³-hybridized carbons (Fsp3) is 0.250. The Morgan fingerprint density at radius 2 is 1.96 bits per heavy atom. The Morgan fingerprint density at radius 1 is 1.12 bits per heavy atom. The van der Waals surface area contributed by atoms with E-state index >= 15 is 0 Å². The third-order valence-corrected chi connectivity index (χ3v) is 4.97. The molecule has 0 saturated carbocycles. The number of benzene rings is 1. The lowest BCUT2D eigenvalue weighted by Crippen LogP contribution is -2.32. The number of hydrogen-bond acceptors (Lipinski definition) is 3. The number of amides is 1. The van der Waals surface area contributed by atoms with Gasteiger partial charge in [-0.15, -0.1) is 11.3 Å². The molecule has 2 aromatic heterocycles. The minimum absolute atomic E-state index is 0.0469. The van der Waals surface area contributed by atoms with E-state index in [2.05, 4.69) is 18.4 Å². The Balaban J connectivity index is 1.74. The van der Waals surface area contributed by atoms with Crippen LogP contribution in [0.4, 0.5) is 0 Å². The van der Waals surface area contributed by atoms with Gasteiger partial charge < -0.3 is 9.32 Å². The van der Waals surface area contributed by atoms with Gasteiger partial charge in [0.25, 0.3) is 5.91 Å². The molecule has 0 bridgehead atoms. The van der Waals surface area contributed by atoms with Crippen LogP contribution in [0.5, 0.6) is 0 Å². The minimum atomic E-state index is 0.0469. The van der Waals surface area contributed by atoms with Gasteiger partial charge in [-0.05, 0) is 54.1 Å². The molecule has 24 heavy (non-hydrogen) atoms. The molecule has 3 aromatic rings. The Hall–Kier alpha value is -2.33. The van der Waals surface area contributed by atoms with E-state index in [1.807, 2.05) is 47.4 Å². The zero-order valence-electron chi connectivity index (χ0n) is 13.8. The summed E-state index contributed by atoms with van der Waals surface area (Å²) in [5.41, 5.74) is 1.97. The molecule has 2 heterocycles. The number of rotatable bonds is 7. The van der Waals surface area contributed by atoms with Crippen LogP contribution in [0.2, 0.25) is 0 Å². The summed E-state index contributed by atoms with van der Waals surface area (Å²) in [6.07, 6.45) is 3.48. The van der Waals surface area contributed by atoms with Crippen LogP contribution in [0.3, 0.4) is 0 Å². The van der Waals surface area contributed by atoms with E-state index in [9.17, 15) is 4.79 Å². The molecule has 0 aliphatic rings. The smallest absolute Gasteiger partial charge is 0.254 e. The van der Waals surface area contributed by atoms with Crippen LogP contribution in [0.25, 0.3) is 0 Å². The van der Waals surface area contributed by atoms with Gasteiger partial charge in [0.1, 0.15) is 5.76 Å². The topological polar surface area (TPSA) is 33.5 Å². The van der Waals surface area contributed by atoms with E-state index in [4.69, 9.17) is 4.42 Å². The second kappa shape index (κ2) is 7.97. The normalized spacial score (nSPS) is 10.7. The molecule has 4 heteroatoms. The van der Waals surface area contributed by atoms with Crippen molar-refractivity contribution in [3.8, 4) is 0 Å². The quantitative estimate of drug-likeness (QED) is 0.620. The third kappa shape index (κ3) is 4.15. The number of furan rings is 1. The molecular weight excluding hydrogens is 318 g/mol. The van der Waals surface area contributed by atoms with Gasteiger partial charge in [-0.3, -0.25) is 4.79 Å². The molecule has 124 valence electrons. The summed E-state index contributed by atoms with van der Waals surface area (Å²) in [6, 6.07) is 15.8. The Labute approximate surface area is 146 Å². The van der Waals surface area contributed by atoms with Crippen molar-refractivity contribution in [3.05, 3.63) is 81.9 Å². The molecule has 0 fully saturated rings. The summed E-state index contributed by atoms with van der Waals surface area (Å²) in [4.78, 5) is 16.1. The van der Waals surface area contributed by atoms with Crippen molar-refractivity contribution in [2.75, 3.05) is 6.54 Å². The molecule has 0 N–H and O–H groups in total. The molecule has 0 atom stereocenters. The van der Waals surface area contributed by atoms with Crippen molar-refractivity contribution >= 4 is 17.2 Å². The van der Waals surface area contributed by atoms with Crippen LogP contribution in [0.1, 0.15) is 33.5 Å². The fourth-order valence-electron chi connectivity index (χ4n) is 2.61. The maximum absolute atomic E-state index is 12.9. The number of hydrogen-bond donors (Lipinski definition) is 0. The lowest BCUT2D eigenvalue weighted by Gasteiger charge is -2.21. The van der Waals surface area contributed by atoms with E-state index in [1.165, 1.54) is 10.4 Å². The summed E-state index contributed by atoms with van der Waals surface area (Å²) in [7, 11) is 0. The Morgan fingerprint density at radius 3 is 2.58 bits per heavy atom. The monoisotopic (exact) mass is 339 g/mol. The molecule has 0 saturated heterocycles. The maximum Gasteiger partial charge on any atom is 0.254 e. The molecule has 1 amide bonds. The highest BCUT2D eigenvalue weighted by Gasteiger charge is 2.17. The first-order valence-electron chi connectivity index (χ1n) is 8.19. The van der Waals surface area contributed by atoms with Crippen molar-refractivity contribution in [1.82, 2.24) is 4.90 Å². The van der Waals surface area contributed by atoms with Crippen molar-refractivity contribution in [3.63, 3.8) is 0 Å². The van der Waals surface area contributed by atoms with Gasteiger partial charge in [-0.25, -0.2) is 0 Å². The zero-order chi connectivity index (χ0) is 16.8. The van der Waals surface area contributed by atoms with Gasteiger partial charge in [0.05, 0.1) is 12.8 Å². The summed E-state index contributed by atoms with van der Waals surface area (Å²) in [5.74, 6) is 0.852. The summed E-state index contributed by atoms with van der Waals surface area (Å²) in [5, 5.41) is 2.07. The molecule has 3 nitrogen and oxygen atoms in total. The summed E-state index contributed by atoms with van der Waals surface area (Å²) >= 11 is 1.72. The average Bonchev–Trinajstić information content (AvgIpc) is 3.32. The maximum atomic E-state index is 12.9. The second-order valence-corrected chi connectivity index (χ2v) is 6.72. The Kier molecular flexibility index (Phi) is 5.49. The minimum Gasteiger partial charge on any atom is -0.467 e. The number of carbonyl (C=O) groups is 1. The van der Waals surface area contributed by atoms with Crippen LogP contribution >= 0.6 is 11.3 Å². The number of aryl methyl sites for hydroxylation is 1. The van der Waals surface area contributed by atoms with Gasteiger partial charge in [-0.1, -0.05) is 25.1 Å². The molecule has 0 radical (unpaired) electrons. The first-order chi connectivity index (χ1) is 11.8. The van der Waals surface area contributed by atoms with Gasteiger partial charge in [0.15, 0.2) is 0 Å². The highest BCUT2D eigenvalue weighted by Crippen LogP contribution is 2.15. The predicted molar refractivity (Wildman–Crippen MR) is 97.3 cm³/mol. The average molecular weight is 339 g/mol. The van der Waals surface area contributed by atoms with Crippen molar-refractivity contribution in [2.24, 2.45) is 0 Å². The van der Waals surface area contributed by atoms with E-state index in [1.54, 1.807) is 17.6 Å². The molecule has 1 aromatic carbocycles. The van der Waals surface area contributed by atoms with E-state index < -0.39 is 0 Å². The predicted octanol–water partition coefficient (Wildman–Crippen LogP) is 4.79. The number of thiophene rings is 1. The zero-order valence-corrected chi connectivity index (χ0v) is 14.6.